The average Bonchev–Trinajstić information content (AvgIpc) is 3.14. The van der Waals surface area contributed by atoms with Crippen LogP contribution >= 0.6 is 24.0 Å². The zero-order chi connectivity index (χ0) is 17.2. The van der Waals surface area contributed by atoms with Gasteiger partial charge in [0.15, 0.2) is 5.96 Å². The Morgan fingerprint density at radius 2 is 2.04 bits per heavy atom. The molecule has 6 heteroatoms. The Morgan fingerprint density at radius 3 is 2.68 bits per heavy atom. The van der Waals surface area contributed by atoms with Gasteiger partial charge in [0, 0.05) is 12.1 Å². The van der Waals surface area contributed by atoms with Crippen LogP contribution in [0.5, 0.6) is 5.75 Å². The standard InChI is InChI=1S/C19H28N4O.HI/c1-4-12-21-19(20-5-2)22-15-17(23-13-8-9-14-23)16-10-6-7-11-18(16)24-3;/h1,6-7,10-11,17H,5,8-9,12-15H2,2-3H3,(H2,20,21,22);1H. The maximum Gasteiger partial charge on any atom is 0.192 e. The topological polar surface area (TPSA) is 48.9 Å². The van der Waals surface area contributed by atoms with Gasteiger partial charge in [-0.05, 0) is 38.9 Å². The Morgan fingerprint density at radius 1 is 1.32 bits per heavy atom. The van der Waals surface area contributed by atoms with E-state index in [9.17, 15) is 0 Å². The minimum Gasteiger partial charge on any atom is -0.496 e. The number of para-hydroxylation sites is 1. The number of halogens is 1. The van der Waals surface area contributed by atoms with E-state index in [4.69, 9.17) is 16.2 Å². The van der Waals surface area contributed by atoms with E-state index in [0.29, 0.717) is 13.1 Å². The van der Waals surface area contributed by atoms with Gasteiger partial charge in [0.25, 0.3) is 0 Å². The zero-order valence-electron chi connectivity index (χ0n) is 15.1. The Kier molecular flexibility index (Phi) is 10.3. The molecular formula is C19H29IN4O. The molecule has 0 radical (unpaired) electrons. The summed E-state index contributed by atoms with van der Waals surface area (Å²) in [5.74, 6) is 4.27. The summed E-state index contributed by atoms with van der Waals surface area (Å²) < 4.78 is 5.57. The lowest BCUT2D eigenvalue weighted by Crippen LogP contribution is -2.38. The van der Waals surface area contributed by atoms with Crippen LogP contribution in [0.4, 0.5) is 0 Å². The number of rotatable bonds is 7. The number of benzene rings is 1. The van der Waals surface area contributed by atoms with E-state index < -0.39 is 0 Å². The number of terminal acetylenes is 1. The minimum atomic E-state index is 0. The number of hydrogen-bond acceptors (Lipinski definition) is 3. The number of hydrogen-bond donors (Lipinski definition) is 2. The van der Waals surface area contributed by atoms with Gasteiger partial charge in [0.2, 0.25) is 0 Å². The lowest BCUT2D eigenvalue weighted by Gasteiger charge is -2.28. The number of aliphatic imine (C=N–C) groups is 1. The summed E-state index contributed by atoms with van der Waals surface area (Å²) >= 11 is 0. The maximum atomic E-state index is 5.57. The lowest BCUT2D eigenvalue weighted by molar-refractivity contribution is 0.245. The molecule has 1 aliphatic rings. The number of methoxy groups -OCH3 is 1. The molecule has 0 aromatic heterocycles. The summed E-state index contributed by atoms with van der Waals surface area (Å²) in [6, 6.07) is 8.44. The van der Waals surface area contributed by atoms with Crippen molar-refractivity contribution < 1.29 is 4.74 Å². The second-order valence-electron chi connectivity index (χ2n) is 5.78. The molecular weight excluding hydrogens is 427 g/mol. The van der Waals surface area contributed by atoms with E-state index in [1.807, 2.05) is 19.1 Å². The van der Waals surface area contributed by atoms with Crippen molar-refractivity contribution in [3.8, 4) is 18.1 Å². The molecule has 1 aromatic carbocycles. The predicted octanol–water partition coefficient (Wildman–Crippen LogP) is 2.64. The Hall–Kier alpha value is -1.46. The van der Waals surface area contributed by atoms with Gasteiger partial charge in [-0.15, -0.1) is 30.4 Å². The van der Waals surface area contributed by atoms with Crippen LogP contribution in [0.1, 0.15) is 31.4 Å². The zero-order valence-corrected chi connectivity index (χ0v) is 17.5. The molecule has 1 unspecified atom stereocenters. The van der Waals surface area contributed by atoms with Crippen LogP contribution < -0.4 is 15.4 Å². The van der Waals surface area contributed by atoms with Gasteiger partial charge >= 0.3 is 0 Å². The van der Waals surface area contributed by atoms with Gasteiger partial charge in [-0.2, -0.15) is 0 Å². The minimum absolute atomic E-state index is 0. The van der Waals surface area contributed by atoms with E-state index in [-0.39, 0.29) is 30.0 Å². The van der Waals surface area contributed by atoms with Crippen LogP contribution in [0.15, 0.2) is 29.3 Å². The Labute approximate surface area is 168 Å². The summed E-state index contributed by atoms with van der Waals surface area (Å²) in [7, 11) is 1.72. The molecule has 5 nitrogen and oxygen atoms in total. The predicted molar refractivity (Wildman–Crippen MR) is 115 cm³/mol. The highest BCUT2D eigenvalue weighted by Crippen LogP contribution is 2.31. The van der Waals surface area contributed by atoms with E-state index >= 15 is 0 Å². The molecule has 2 rings (SSSR count). The first-order chi connectivity index (χ1) is 11.8. The van der Waals surface area contributed by atoms with Crippen molar-refractivity contribution in [1.29, 1.82) is 0 Å². The molecule has 0 spiro atoms. The number of nitrogens with zero attached hydrogens (tertiary/aromatic N) is 2. The van der Waals surface area contributed by atoms with Crippen LogP contribution in [0.2, 0.25) is 0 Å². The highest BCUT2D eigenvalue weighted by molar-refractivity contribution is 14.0. The Balaban J connectivity index is 0.00000312. The van der Waals surface area contributed by atoms with Crippen molar-refractivity contribution in [3.05, 3.63) is 29.8 Å². The number of likely N-dealkylation sites (tertiary alicyclic amines) is 1. The van der Waals surface area contributed by atoms with E-state index in [1.54, 1.807) is 7.11 Å². The summed E-state index contributed by atoms with van der Waals surface area (Å²) in [5, 5.41) is 6.39. The molecule has 1 saturated heterocycles. The van der Waals surface area contributed by atoms with Gasteiger partial charge in [0.05, 0.1) is 26.2 Å². The molecule has 0 aliphatic carbocycles. The van der Waals surface area contributed by atoms with Crippen molar-refractivity contribution in [2.24, 2.45) is 4.99 Å². The van der Waals surface area contributed by atoms with Crippen LogP contribution in [-0.4, -0.2) is 50.7 Å². The molecule has 1 fully saturated rings. The highest BCUT2D eigenvalue weighted by atomic mass is 127. The van der Waals surface area contributed by atoms with Crippen molar-refractivity contribution in [1.82, 2.24) is 15.5 Å². The summed E-state index contributed by atoms with van der Waals surface area (Å²) in [5.41, 5.74) is 1.19. The largest absolute Gasteiger partial charge is 0.496 e. The van der Waals surface area contributed by atoms with Gasteiger partial charge in [-0.25, -0.2) is 0 Å². The first kappa shape index (κ1) is 21.6. The van der Waals surface area contributed by atoms with Gasteiger partial charge in [-0.1, -0.05) is 24.1 Å². The summed E-state index contributed by atoms with van der Waals surface area (Å²) in [6.07, 6.45) is 7.82. The average molecular weight is 456 g/mol. The molecule has 0 amide bonds. The fourth-order valence-corrected chi connectivity index (χ4v) is 3.06. The quantitative estimate of drug-likeness (QED) is 0.287. The second-order valence-corrected chi connectivity index (χ2v) is 5.78. The fourth-order valence-electron chi connectivity index (χ4n) is 3.06. The molecule has 1 aromatic rings. The molecule has 25 heavy (non-hydrogen) atoms. The van der Waals surface area contributed by atoms with Gasteiger partial charge < -0.3 is 15.4 Å². The van der Waals surface area contributed by atoms with Gasteiger partial charge in [0.1, 0.15) is 5.75 Å². The van der Waals surface area contributed by atoms with Crippen molar-refractivity contribution in [3.63, 3.8) is 0 Å². The third-order valence-electron chi connectivity index (χ3n) is 4.20. The monoisotopic (exact) mass is 456 g/mol. The van der Waals surface area contributed by atoms with E-state index in [2.05, 4.69) is 33.6 Å². The second kappa shape index (κ2) is 12.0. The molecule has 0 saturated carbocycles. The first-order valence-corrected chi connectivity index (χ1v) is 8.62. The molecule has 0 bridgehead atoms. The fraction of sp³-hybridized carbons (Fsp3) is 0.526. The number of nitrogens with one attached hydrogen (secondary N) is 2. The normalized spacial score (nSPS) is 15.8. The lowest BCUT2D eigenvalue weighted by atomic mass is 10.0. The SMILES string of the molecule is C#CCNC(=NCC(c1ccccc1OC)N1CCCC1)NCC.I. The number of ether oxygens (including phenoxy) is 1. The molecule has 138 valence electrons. The molecule has 1 heterocycles. The van der Waals surface area contributed by atoms with E-state index in [0.717, 1.165) is 31.3 Å². The van der Waals surface area contributed by atoms with Crippen LogP contribution in [0.3, 0.4) is 0 Å². The smallest absolute Gasteiger partial charge is 0.192 e. The van der Waals surface area contributed by atoms with Crippen molar-refractivity contribution in [2.45, 2.75) is 25.8 Å². The third-order valence-corrected chi connectivity index (χ3v) is 4.20. The Bertz CT molecular complexity index is 579. The summed E-state index contributed by atoms with van der Waals surface area (Å²) in [6.45, 7) is 6.19. The van der Waals surface area contributed by atoms with E-state index in [1.165, 1.54) is 18.4 Å². The third kappa shape index (κ3) is 6.40. The van der Waals surface area contributed by atoms with Gasteiger partial charge in [-0.3, -0.25) is 9.89 Å². The highest BCUT2D eigenvalue weighted by Gasteiger charge is 2.25. The summed E-state index contributed by atoms with van der Waals surface area (Å²) in [4.78, 5) is 7.24. The maximum absolute atomic E-state index is 5.57. The van der Waals surface area contributed by atoms with Crippen molar-refractivity contribution in [2.75, 3.05) is 39.8 Å². The van der Waals surface area contributed by atoms with Crippen LogP contribution in [-0.2, 0) is 0 Å². The first-order valence-electron chi connectivity index (χ1n) is 8.62. The molecule has 1 atom stereocenters. The molecule has 2 N–H and O–H groups in total. The van der Waals surface area contributed by atoms with Crippen molar-refractivity contribution >= 4 is 29.9 Å². The van der Waals surface area contributed by atoms with Crippen LogP contribution in [0, 0.1) is 12.3 Å². The molecule has 1 aliphatic heterocycles. The van der Waals surface area contributed by atoms with Crippen LogP contribution in [0.25, 0.3) is 0 Å². The number of guanidine groups is 1.